The summed E-state index contributed by atoms with van der Waals surface area (Å²) >= 11 is 0. The van der Waals surface area contributed by atoms with Gasteiger partial charge in [-0.25, -0.2) is 0 Å². The predicted molar refractivity (Wildman–Crippen MR) is 111 cm³/mol. The van der Waals surface area contributed by atoms with Gasteiger partial charge in [0.2, 0.25) is 5.91 Å². The van der Waals surface area contributed by atoms with Crippen LogP contribution in [0.2, 0.25) is 0 Å². The standard InChI is InChI=1S/C23H24N2O2/c1-12(2)23(27)25-20-8-6-7-16(15(20)5)17-9-10-18(22(24)26)19-11-13(3)14(4)21(17)19/h6-10H,1,11H2,2-5H3,(H2,24,26)(H,25,27). The van der Waals surface area contributed by atoms with Crippen molar-refractivity contribution >= 4 is 23.1 Å². The zero-order chi connectivity index (χ0) is 19.9. The molecule has 2 aromatic rings. The van der Waals surface area contributed by atoms with Crippen molar-refractivity contribution in [2.24, 2.45) is 5.73 Å². The number of allylic oxidation sites excluding steroid dienone is 2. The van der Waals surface area contributed by atoms with E-state index in [1.54, 1.807) is 13.0 Å². The number of fused-ring (bicyclic) bond motifs is 1. The summed E-state index contributed by atoms with van der Waals surface area (Å²) in [4.78, 5) is 23.9. The number of primary amides is 1. The monoisotopic (exact) mass is 360 g/mol. The summed E-state index contributed by atoms with van der Waals surface area (Å²) in [6.07, 6.45) is 0.735. The minimum atomic E-state index is -0.403. The van der Waals surface area contributed by atoms with Crippen LogP contribution in [0, 0.1) is 6.92 Å². The van der Waals surface area contributed by atoms with E-state index in [4.69, 9.17) is 5.73 Å². The Morgan fingerprint density at radius 3 is 2.41 bits per heavy atom. The third-order valence-corrected chi connectivity index (χ3v) is 5.30. The van der Waals surface area contributed by atoms with Crippen LogP contribution in [0.4, 0.5) is 5.69 Å². The minimum absolute atomic E-state index is 0.198. The molecule has 0 unspecified atom stereocenters. The molecule has 0 bridgehead atoms. The average Bonchev–Trinajstić information content (AvgIpc) is 2.91. The molecule has 0 saturated heterocycles. The summed E-state index contributed by atoms with van der Waals surface area (Å²) in [5, 5.41) is 2.91. The molecule has 3 N–H and O–H groups in total. The van der Waals surface area contributed by atoms with Crippen molar-refractivity contribution in [1.82, 2.24) is 0 Å². The summed E-state index contributed by atoms with van der Waals surface area (Å²) < 4.78 is 0. The zero-order valence-corrected chi connectivity index (χ0v) is 16.2. The molecule has 4 heteroatoms. The number of rotatable bonds is 4. The number of nitrogens with one attached hydrogen (secondary N) is 1. The van der Waals surface area contributed by atoms with Crippen LogP contribution >= 0.6 is 0 Å². The predicted octanol–water partition coefficient (Wildman–Crippen LogP) is 4.63. The number of anilines is 1. The number of nitrogens with two attached hydrogens (primary N) is 1. The van der Waals surface area contributed by atoms with Crippen LogP contribution in [-0.2, 0) is 11.2 Å². The van der Waals surface area contributed by atoms with Crippen molar-refractivity contribution < 1.29 is 9.59 Å². The van der Waals surface area contributed by atoms with E-state index in [0.717, 1.165) is 39.9 Å². The van der Waals surface area contributed by atoms with Crippen LogP contribution < -0.4 is 11.1 Å². The number of carbonyl (C=O) groups is 2. The van der Waals surface area contributed by atoms with E-state index in [2.05, 4.69) is 25.7 Å². The Morgan fingerprint density at radius 1 is 1.07 bits per heavy atom. The van der Waals surface area contributed by atoms with Gasteiger partial charge in [-0.05, 0) is 79.6 Å². The topological polar surface area (TPSA) is 72.2 Å². The molecule has 0 radical (unpaired) electrons. The lowest BCUT2D eigenvalue weighted by atomic mass is 9.88. The Bertz CT molecular complexity index is 1030. The Hall–Kier alpha value is -3.14. The second kappa shape index (κ2) is 6.88. The highest BCUT2D eigenvalue weighted by Crippen LogP contribution is 2.42. The second-order valence-electron chi connectivity index (χ2n) is 7.17. The fourth-order valence-corrected chi connectivity index (χ4v) is 3.62. The Labute approximate surface area is 159 Å². The lowest BCUT2D eigenvalue weighted by Crippen LogP contribution is -2.14. The van der Waals surface area contributed by atoms with E-state index in [0.29, 0.717) is 11.1 Å². The third-order valence-electron chi connectivity index (χ3n) is 5.30. The maximum absolute atomic E-state index is 12.0. The Balaban J connectivity index is 2.19. The molecule has 1 aliphatic rings. The van der Waals surface area contributed by atoms with Crippen molar-refractivity contribution in [3.8, 4) is 11.1 Å². The molecule has 0 aliphatic heterocycles. The van der Waals surface area contributed by atoms with Crippen LogP contribution in [0.5, 0.6) is 0 Å². The highest BCUT2D eigenvalue weighted by molar-refractivity contribution is 6.04. The van der Waals surface area contributed by atoms with Crippen LogP contribution in [0.25, 0.3) is 16.7 Å². The van der Waals surface area contributed by atoms with Crippen molar-refractivity contribution in [2.75, 3.05) is 5.32 Å². The van der Waals surface area contributed by atoms with E-state index in [1.165, 1.54) is 11.1 Å². The number of benzene rings is 2. The number of carbonyl (C=O) groups excluding carboxylic acids is 2. The largest absolute Gasteiger partial charge is 0.366 e. The molecule has 0 saturated carbocycles. The van der Waals surface area contributed by atoms with Crippen molar-refractivity contribution in [1.29, 1.82) is 0 Å². The number of amides is 2. The maximum Gasteiger partial charge on any atom is 0.250 e. The van der Waals surface area contributed by atoms with Gasteiger partial charge in [-0.1, -0.05) is 30.4 Å². The minimum Gasteiger partial charge on any atom is -0.366 e. The first-order valence-electron chi connectivity index (χ1n) is 8.91. The first kappa shape index (κ1) is 18.6. The van der Waals surface area contributed by atoms with E-state index in [-0.39, 0.29) is 5.91 Å². The molecule has 27 heavy (non-hydrogen) atoms. The van der Waals surface area contributed by atoms with Crippen LogP contribution in [0.1, 0.15) is 47.8 Å². The maximum atomic E-state index is 12.0. The lowest BCUT2D eigenvalue weighted by molar-refractivity contribution is -0.112. The summed E-state index contributed by atoms with van der Waals surface area (Å²) in [7, 11) is 0. The fourth-order valence-electron chi connectivity index (χ4n) is 3.62. The first-order valence-corrected chi connectivity index (χ1v) is 8.91. The summed E-state index contributed by atoms with van der Waals surface area (Å²) in [6, 6.07) is 9.60. The van der Waals surface area contributed by atoms with Gasteiger partial charge in [-0.15, -0.1) is 0 Å². The van der Waals surface area contributed by atoms with Gasteiger partial charge >= 0.3 is 0 Å². The van der Waals surface area contributed by atoms with E-state index >= 15 is 0 Å². The molecule has 4 nitrogen and oxygen atoms in total. The number of hydrogen-bond donors (Lipinski definition) is 2. The van der Waals surface area contributed by atoms with Gasteiger partial charge in [0.15, 0.2) is 0 Å². The van der Waals surface area contributed by atoms with Gasteiger partial charge in [-0.3, -0.25) is 9.59 Å². The summed E-state index contributed by atoms with van der Waals surface area (Å²) in [5.74, 6) is -0.601. The van der Waals surface area contributed by atoms with Gasteiger partial charge in [0, 0.05) is 16.8 Å². The van der Waals surface area contributed by atoms with Crippen molar-refractivity contribution in [2.45, 2.75) is 34.1 Å². The van der Waals surface area contributed by atoms with E-state index < -0.39 is 5.91 Å². The molecule has 0 spiro atoms. The SMILES string of the molecule is C=C(C)C(=O)Nc1cccc(-c2ccc(C(N)=O)c3c2C(C)=C(C)C3)c1C. The molecule has 0 heterocycles. The first-order chi connectivity index (χ1) is 12.7. The third kappa shape index (κ3) is 3.19. The Kier molecular flexibility index (Phi) is 4.75. The van der Waals surface area contributed by atoms with Gasteiger partial charge in [0.25, 0.3) is 5.91 Å². The quantitative estimate of drug-likeness (QED) is 0.781. The summed E-state index contributed by atoms with van der Waals surface area (Å²) in [6.45, 7) is 11.5. The van der Waals surface area contributed by atoms with Crippen molar-refractivity contribution in [3.63, 3.8) is 0 Å². The van der Waals surface area contributed by atoms with Gasteiger partial charge in [-0.2, -0.15) is 0 Å². The molecule has 1 aliphatic carbocycles. The molecular weight excluding hydrogens is 336 g/mol. The van der Waals surface area contributed by atoms with Crippen molar-refractivity contribution in [3.05, 3.63) is 70.3 Å². The van der Waals surface area contributed by atoms with Gasteiger partial charge in [0.05, 0.1) is 0 Å². The molecule has 0 aromatic heterocycles. The van der Waals surface area contributed by atoms with Gasteiger partial charge < -0.3 is 11.1 Å². The van der Waals surface area contributed by atoms with E-state index in [9.17, 15) is 9.59 Å². The zero-order valence-electron chi connectivity index (χ0n) is 16.2. The van der Waals surface area contributed by atoms with E-state index in [1.807, 2.05) is 31.2 Å². The molecule has 0 atom stereocenters. The average molecular weight is 360 g/mol. The summed E-state index contributed by atoms with van der Waals surface area (Å²) in [5.41, 5.74) is 14.9. The molecule has 138 valence electrons. The fraction of sp³-hybridized carbons (Fsp3) is 0.217. The lowest BCUT2D eigenvalue weighted by Gasteiger charge is -2.17. The van der Waals surface area contributed by atoms with Crippen LogP contribution in [0.15, 0.2) is 48.1 Å². The molecule has 0 fully saturated rings. The highest BCUT2D eigenvalue weighted by Gasteiger charge is 2.25. The smallest absolute Gasteiger partial charge is 0.250 e. The molecule has 2 aromatic carbocycles. The highest BCUT2D eigenvalue weighted by atomic mass is 16.2. The Morgan fingerprint density at radius 2 is 1.78 bits per heavy atom. The normalized spacial score (nSPS) is 12.7. The second-order valence-corrected chi connectivity index (χ2v) is 7.17. The molecular formula is C23H24N2O2. The molecule has 2 amide bonds. The van der Waals surface area contributed by atoms with Gasteiger partial charge in [0.1, 0.15) is 0 Å². The molecule has 3 rings (SSSR count). The number of hydrogen-bond acceptors (Lipinski definition) is 2. The van der Waals surface area contributed by atoms with Crippen LogP contribution in [-0.4, -0.2) is 11.8 Å². The van der Waals surface area contributed by atoms with Crippen LogP contribution in [0.3, 0.4) is 0 Å².